The van der Waals surface area contributed by atoms with Gasteiger partial charge in [-0.2, -0.15) is 0 Å². The van der Waals surface area contributed by atoms with E-state index in [1.54, 1.807) is 16.7 Å². The van der Waals surface area contributed by atoms with E-state index in [0.29, 0.717) is 21.7 Å². The average molecular weight is 335 g/mol. The second-order valence-electron chi connectivity index (χ2n) is 4.14. The Morgan fingerprint density at radius 1 is 1.36 bits per heavy atom. The zero-order chi connectivity index (χ0) is 15.5. The van der Waals surface area contributed by atoms with Crippen LogP contribution in [0.15, 0.2) is 41.1 Å². The first kappa shape index (κ1) is 14.7. The summed E-state index contributed by atoms with van der Waals surface area (Å²) in [5.74, 6) is -0.691. The average Bonchev–Trinajstić information content (AvgIpc) is 3.16. The normalized spacial score (nSPS) is 10.6. The minimum Gasteiger partial charge on any atom is -0.295 e. The molecule has 1 N–H and O–H groups in total. The molecule has 0 aliphatic rings. The SMILES string of the molecule is CSc1ncc(C(=O)Nc2nncs2)n1-c1ccc(F)cc1. The summed E-state index contributed by atoms with van der Waals surface area (Å²) in [6.45, 7) is 0. The van der Waals surface area contributed by atoms with Gasteiger partial charge in [-0.05, 0) is 30.5 Å². The van der Waals surface area contributed by atoms with Gasteiger partial charge in [0.05, 0.1) is 6.20 Å². The summed E-state index contributed by atoms with van der Waals surface area (Å²) >= 11 is 2.62. The monoisotopic (exact) mass is 335 g/mol. The molecule has 0 saturated heterocycles. The molecule has 0 radical (unpaired) electrons. The van der Waals surface area contributed by atoms with Crippen molar-refractivity contribution in [1.29, 1.82) is 0 Å². The highest BCUT2D eigenvalue weighted by atomic mass is 32.2. The standard InChI is InChI=1S/C13H10FN5OS2/c1-21-13-15-6-10(11(20)17-12-18-16-7-22-12)19(13)9-4-2-8(14)3-5-9/h2-7H,1H3,(H,17,18,20). The van der Waals surface area contributed by atoms with Gasteiger partial charge in [-0.25, -0.2) is 9.37 Å². The Morgan fingerprint density at radius 2 is 2.14 bits per heavy atom. The molecule has 0 aliphatic heterocycles. The molecule has 3 rings (SSSR count). The van der Waals surface area contributed by atoms with Gasteiger partial charge in [0.15, 0.2) is 5.16 Å². The Bertz CT molecular complexity index is 785. The van der Waals surface area contributed by atoms with Gasteiger partial charge in [0.2, 0.25) is 5.13 Å². The lowest BCUT2D eigenvalue weighted by Crippen LogP contribution is -2.16. The number of nitrogens with zero attached hydrogens (tertiary/aromatic N) is 4. The topological polar surface area (TPSA) is 72.7 Å². The molecule has 9 heteroatoms. The van der Waals surface area contributed by atoms with Crippen molar-refractivity contribution >= 4 is 34.1 Å². The Morgan fingerprint density at radius 3 is 2.77 bits per heavy atom. The van der Waals surface area contributed by atoms with Crippen LogP contribution in [0.1, 0.15) is 10.5 Å². The maximum Gasteiger partial charge on any atom is 0.276 e. The van der Waals surface area contributed by atoms with Crippen LogP contribution in [0, 0.1) is 5.82 Å². The zero-order valence-corrected chi connectivity index (χ0v) is 13.0. The molecule has 0 fully saturated rings. The second kappa shape index (κ2) is 6.24. The van der Waals surface area contributed by atoms with Crippen LogP contribution in [-0.4, -0.2) is 31.9 Å². The smallest absolute Gasteiger partial charge is 0.276 e. The number of carbonyl (C=O) groups excluding carboxylic acids is 1. The molecule has 0 atom stereocenters. The number of benzene rings is 1. The maximum absolute atomic E-state index is 13.1. The highest BCUT2D eigenvalue weighted by molar-refractivity contribution is 7.98. The molecule has 0 unspecified atom stereocenters. The number of halogens is 1. The Labute approximate surface area is 133 Å². The number of hydrogen-bond acceptors (Lipinski definition) is 6. The minimum absolute atomic E-state index is 0.338. The fourth-order valence-electron chi connectivity index (χ4n) is 1.87. The Hall–Kier alpha value is -2.26. The molecule has 0 bridgehead atoms. The highest BCUT2D eigenvalue weighted by Crippen LogP contribution is 2.23. The molecule has 22 heavy (non-hydrogen) atoms. The molecule has 0 spiro atoms. The summed E-state index contributed by atoms with van der Waals surface area (Å²) in [6, 6.07) is 5.87. The minimum atomic E-state index is -0.353. The van der Waals surface area contributed by atoms with Crippen molar-refractivity contribution in [3.8, 4) is 5.69 Å². The first-order valence-corrected chi connectivity index (χ1v) is 8.24. The van der Waals surface area contributed by atoms with Gasteiger partial charge in [0.25, 0.3) is 5.91 Å². The van der Waals surface area contributed by atoms with Gasteiger partial charge in [0, 0.05) is 5.69 Å². The number of carbonyl (C=O) groups is 1. The van der Waals surface area contributed by atoms with Crippen LogP contribution in [0.3, 0.4) is 0 Å². The van der Waals surface area contributed by atoms with Crippen LogP contribution in [0.4, 0.5) is 9.52 Å². The molecule has 2 aromatic heterocycles. The van der Waals surface area contributed by atoms with Crippen molar-refractivity contribution < 1.29 is 9.18 Å². The first-order valence-electron chi connectivity index (χ1n) is 6.14. The summed E-state index contributed by atoms with van der Waals surface area (Å²) in [4.78, 5) is 16.6. The largest absolute Gasteiger partial charge is 0.295 e. The number of anilines is 1. The van der Waals surface area contributed by atoms with E-state index in [1.807, 2.05) is 6.26 Å². The first-order chi connectivity index (χ1) is 10.7. The lowest BCUT2D eigenvalue weighted by atomic mass is 10.3. The number of rotatable bonds is 4. The number of hydrogen-bond donors (Lipinski definition) is 1. The third kappa shape index (κ3) is 2.85. The van der Waals surface area contributed by atoms with Crippen molar-refractivity contribution in [2.75, 3.05) is 11.6 Å². The molecule has 112 valence electrons. The lowest BCUT2D eigenvalue weighted by Gasteiger charge is -2.10. The van der Waals surface area contributed by atoms with Crippen molar-refractivity contribution in [2.24, 2.45) is 0 Å². The van der Waals surface area contributed by atoms with E-state index in [2.05, 4.69) is 20.5 Å². The highest BCUT2D eigenvalue weighted by Gasteiger charge is 2.18. The van der Waals surface area contributed by atoms with Gasteiger partial charge in [0.1, 0.15) is 17.0 Å². The van der Waals surface area contributed by atoms with Gasteiger partial charge in [-0.3, -0.25) is 14.7 Å². The van der Waals surface area contributed by atoms with Crippen LogP contribution < -0.4 is 5.32 Å². The maximum atomic E-state index is 13.1. The predicted octanol–water partition coefficient (Wildman–Crippen LogP) is 2.84. The molecule has 0 saturated carbocycles. The van der Waals surface area contributed by atoms with E-state index in [9.17, 15) is 9.18 Å². The van der Waals surface area contributed by atoms with Crippen LogP contribution >= 0.6 is 23.1 Å². The van der Waals surface area contributed by atoms with Crippen LogP contribution in [0.25, 0.3) is 5.69 Å². The van der Waals surface area contributed by atoms with E-state index in [1.165, 1.54) is 46.9 Å². The van der Waals surface area contributed by atoms with Crippen molar-refractivity contribution in [1.82, 2.24) is 19.7 Å². The van der Waals surface area contributed by atoms with E-state index in [0.717, 1.165) is 0 Å². The molecule has 0 aliphatic carbocycles. The number of nitrogens with one attached hydrogen (secondary N) is 1. The number of thioether (sulfide) groups is 1. The Balaban J connectivity index is 1.99. The van der Waals surface area contributed by atoms with Crippen LogP contribution in [0.2, 0.25) is 0 Å². The second-order valence-corrected chi connectivity index (χ2v) is 5.75. The summed E-state index contributed by atoms with van der Waals surface area (Å²) in [5, 5.41) is 11.1. The molecule has 1 aromatic carbocycles. The molecule has 6 nitrogen and oxygen atoms in total. The number of imidazole rings is 1. The van der Waals surface area contributed by atoms with Gasteiger partial charge < -0.3 is 0 Å². The quantitative estimate of drug-likeness (QED) is 0.742. The van der Waals surface area contributed by atoms with E-state index >= 15 is 0 Å². The molecular formula is C13H10FN5OS2. The van der Waals surface area contributed by atoms with E-state index < -0.39 is 0 Å². The zero-order valence-electron chi connectivity index (χ0n) is 11.4. The summed E-state index contributed by atoms with van der Waals surface area (Å²) in [6.07, 6.45) is 3.33. The van der Waals surface area contributed by atoms with Crippen molar-refractivity contribution in [2.45, 2.75) is 5.16 Å². The van der Waals surface area contributed by atoms with Crippen LogP contribution in [0.5, 0.6) is 0 Å². The summed E-state index contributed by atoms with van der Waals surface area (Å²) < 4.78 is 14.8. The fraction of sp³-hybridized carbons (Fsp3) is 0.0769. The fourth-order valence-corrected chi connectivity index (χ4v) is 2.85. The third-order valence-corrected chi connectivity index (χ3v) is 4.07. The number of amides is 1. The van der Waals surface area contributed by atoms with Crippen molar-refractivity contribution in [3.63, 3.8) is 0 Å². The predicted molar refractivity (Wildman–Crippen MR) is 83.2 cm³/mol. The third-order valence-electron chi connectivity index (χ3n) is 2.81. The van der Waals surface area contributed by atoms with Gasteiger partial charge in [-0.15, -0.1) is 10.2 Å². The number of aromatic nitrogens is 4. The molecule has 2 heterocycles. The van der Waals surface area contributed by atoms with Crippen molar-refractivity contribution in [3.05, 3.63) is 47.5 Å². The van der Waals surface area contributed by atoms with Gasteiger partial charge >= 0.3 is 0 Å². The summed E-state index contributed by atoms with van der Waals surface area (Å²) in [5.41, 5.74) is 2.53. The molecule has 1 amide bonds. The van der Waals surface area contributed by atoms with E-state index in [4.69, 9.17) is 0 Å². The Kier molecular flexibility index (Phi) is 4.16. The lowest BCUT2D eigenvalue weighted by molar-refractivity contribution is 0.102. The van der Waals surface area contributed by atoms with Gasteiger partial charge in [-0.1, -0.05) is 23.1 Å². The van der Waals surface area contributed by atoms with E-state index in [-0.39, 0.29) is 11.7 Å². The molecule has 3 aromatic rings. The summed E-state index contributed by atoms with van der Waals surface area (Å²) in [7, 11) is 0. The van der Waals surface area contributed by atoms with Crippen LogP contribution in [-0.2, 0) is 0 Å². The molecular weight excluding hydrogens is 325 g/mol.